The second-order valence-corrected chi connectivity index (χ2v) is 4.59. The molecule has 0 fully saturated rings. The van der Waals surface area contributed by atoms with E-state index in [0.29, 0.717) is 19.0 Å². The van der Waals surface area contributed by atoms with E-state index in [1.165, 1.54) is 12.1 Å². The van der Waals surface area contributed by atoms with Crippen LogP contribution in [0.1, 0.15) is 11.4 Å². The van der Waals surface area contributed by atoms with Crippen molar-refractivity contribution in [3.05, 3.63) is 47.8 Å². The zero-order chi connectivity index (χ0) is 15.1. The van der Waals surface area contributed by atoms with Crippen LogP contribution in [0.3, 0.4) is 0 Å². The van der Waals surface area contributed by atoms with Gasteiger partial charge in [0.15, 0.2) is 11.8 Å². The summed E-state index contributed by atoms with van der Waals surface area (Å²) in [4.78, 5) is 4.13. The van der Waals surface area contributed by atoms with Crippen molar-refractivity contribution in [2.45, 2.75) is 13.0 Å². The van der Waals surface area contributed by atoms with Crippen molar-refractivity contribution in [2.75, 3.05) is 13.6 Å². The van der Waals surface area contributed by atoms with Crippen LogP contribution >= 0.6 is 24.0 Å². The Bertz CT molecular complexity index is 613. The van der Waals surface area contributed by atoms with E-state index < -0.39 is 0 Å². The van der Waals surface area contributed by atoms with Crippen LogP contribution in [0.15, 0.2) is 35.6 Å². The molecule has 0 aliphatic carbocycles. The van der Waals surface area contributed by atoms with Crippen LogP contribution in [-0.4, -0.2) is 34.3 Å². The third-order valence-electron chi connectivity index (χ3n) is 3.04. The molecule has 120 valence electrons. The molecule has 1 heterocycles. The number of rotatable bonds is 5. The third-order valence-corrected chi connectivity index (χ3v) is 3.04. The molecule has 2 rings (SSSR count). The number of halogens is 2. The van der Waals surface area contributed by atoms with E-state index in [4.69, 9.17) is 0 Å². The number of guanidine groups is 1. The predicted octanol–water partition coefficient (Wildman–Crippen LogP) is 1.48. The molecule has 1 aromatic carbocycles. The van der Waals surface area contributed by atoms with Gasteiger partial charge in [-0.05, 0) is 24.1 Å². The summed E-state index contributed by atoms with van der Waals surface area (Å²) in [6.07, 6.45) is 2.37. The van der Waals surface area contributed by atoms with Gasteiger partial charge in [0, 0.05) is 20.6 Å². The Labute approximate surface area is 146 Å². The largest absolute Gasteiger partial charge is 0.356 e. The Balaban J connectivity index is 0.00000242. The smallest absolute Gasteiger partial charge is 0.191 e. The quantitative estimate of drug-likeness (QED) is 0.439. The van der Waals surface area contributed by atoms with Crippen molar-refractivity contribution in [3.8, 4) is 0 Å². The topological polar surface area (TPSA) is 67.1 Å². The molecule has 0 unspecified atom stereocenters. The average molecular weight is 418 g/mol. The summed E-state index contributed by atoms with van der Waals surface area (Å²) in [7, 11) is 3.59. The fourth-order valence-corrected chi connectivity index (χ4v) is 1.87. The van der Waals surface area contributed by atoms with E-state index in [9.17, 15) is 4.39 Å². The standard InChI is InChI=1S/C14H19FN6.HI/c1-16-14(18-9-13-20-19-10-21(13)2)17-7-6-11-4-3-5-12(15)8-11;/h3-5,8,10H,6-7,9H2,1-2H3,(H2,16,17,18);1H. The summed E-state index contributed by atoms with van der Waals surface area (Å²) in [5.41, 5.74) is 0.950. The van der Waals surface area contributed by atoms with Crippen molar-refractivity contribution < 1.29 is 4.39 Å². The van der Waals surface area contributed by atoms with E-state index in [2.05, 4.69) is 25.8 Å². The van der Waals surface area contributed by atoms with Gasteiger partial charge in [0.05, 0.1) is 6.54 Å². The number of hydrogen-bond donors (Lipinski definition) is 2. The summed E-state index contributed by atoms with van der Waals surface area (Å²) in [6.45, 7) is 1.21. The number of aryl methyl sites for hydroxylation is 1. The van der Waals surface area contributed by atoms with Gasteiger partial charge in [-0.2, -0.15) is 0 Å². The molecular weight excluding hydrogens is 398 g/mol. The van der Waals surface area contributed by atoms with Gasteiger partial charge in [-0.1, -0.05) is 12.1 Å². The van der Waals surface area contributed by atoms with Gasteiger partial charge in [0.1, 0.15) is 12.1 Å². The molecule has 2 N–H and O–H groups in total. The molecule has 0 saturated carbocycles. The summed E-state index contributed by atoms with van der Waals surface area (Å²) in [5.74, 6) is 1.29. The molecule has 0 radical (unpaired) electrons. The lowest BCUT2D eigenvalue weighted by atomic mass is 10.1. The first-order valence-electron chi connectivity index (χ1n) is 6.71. The monoisotopic (exact) mass is 418 g/mol. The lowest BCUT2D eigenvalue weighted by Crippen LogP contribution is -2.38. The minimum atomic E-state index is -0.211. The zero-order valence-electron chi connectivity index (χ0n) is 12.6. The maximum absolute atomic E-state index is 13.1. The lowest BCUT2D eigenvalue weighted by molar-refractivity contribution is 0.625. The molecule has 8 heteroatoms. The summed E-state index contributed by atoms with van der Waals surface area (Å²) in [6, 6.07) is 6.60. The van der Waals surface area contributed by atoms with Crippen molar-refractivity contribution in [2.24, 2.45) is 12.0 Å². The highest BCUT2D eigenvalue weighted by Gasteiger charge is 2.03. The lowest BCUT2D eigenvalue weighted by Gasteiger charge is -2.11. The molecule has 0 atom stereocenters. The van der Waals surface area contributed by atoms with E-state index in [1.54, 1.807) is 19.4 Å². The Kier molecular flexibility index (Phi) is 7.78. The molecule has 0 saturated heterocycles. The summed E-state index contributed by atoms with van der Waals surface area (Å²) in [5, 5.41) is 14.1. The fourth-order valence-electron chi connectivity index (χ4n) is 1.87. The second-order valence-electron chi connectivity index (χ2n) is 4.59. The first kappa shape index (κ1) is 18.3. The molecule has 0 spiro atoms. The molecular formula is C14H20FIN6. The van der Waals surface area contributed by atoms with Gasteiger partial charge >= 0.3 is 0 Å². The van der Waals surface area contributed by atoms with Crippen LogP contribution in [0.25, 0.3) is 0 Å². The number of nitrogens with zero attached hydrogens (tertiary/aromatic N) is 4. The number of aliphatic imine (C=N–C) groups is 1. The Morgan fingerprint density at radius 3 is 2.82 bits per heavy atom. The molecule has 6 nitrogen and oxygen atoms in total. The first-order chi connectivity index (χ1) is 10.2. The summed E-state index contributed by atoms with van der Waals surface area (Å²) < 4.78 is 14.9. The average Bonchev–Trinajstić information content (AvgIpc) is 2.88. The van der Waals surface area contributed by atoms with Crippen LogP contribution in [0.4, 0.5) is 4.39 Å². The Morgan fingerprint density at radius 2 is 2.18 bits per heavy atom. The molecule has 0 aliphatic heterocycles. The van der Waals surface area contributed by atoms with E-state index in [1.807, 2.05) is 17.7 Å². The SMILES string of the molecule is CN=C(NCCc1cccc(F)c1)NCc1nncn1C.I. The molecule has 0 aliphatic rings. The maximum Gasteiger partial charge on any atom is 0.191 e. The van der Waals surface area contributed by atoms with Crippen LogP contribution in [0, 0.1) is 5.82 Å². The molecule has 22 heavy (non-hydrogen) atoms. The van der Waals surface area contributed by atoms with Crippen molar-refractivity contribution in [1.82, 2.24) is 25.4 Å². The van der Waals surface area contributed by atoms with Gasteiger partial charge in [-0.15, -0.1) is 34.2 Å². The minimum Gasteiger partial charge on any atom is -0.356 e. The molecule has 0 amide bonds. The highest BCUT2D eigenvalue weighted by molar-refractivity contribution is 14.0. The normalized spacial score (nSPS) is 11.0. The van der Waals surface area contributed by atoms with E-state index in [0.717, 1.165) is 17.8 Å². The number of aromatic nitrogens is 3. The Morgan fingerprint density at radius 1 is 1.36 bits per heavy atom. The maximum atomic E-state index is 13.1. The first-order valence-corrected chi connectivity index (χ1v) is 6.71. The van der Waals surface area contributed by atoms with Gasteiger partial charge < -0.3 is 15.2 Å². The minimum absolute atomic E-state index is 0. The highest BCUT2D eigenvalue weighted by Crippen LogP contribution is 2.03. The van der Waals surface area contributed by atoms with Crippen LogP contribution in [-0.2, 0) is 20.0 Å². The molecule has 2 aromatic rings. The second kappa shape index (κ2) is 9.34. The zero-order valence-corrected chi connectivity index (χ0v) is 14.9. The van der Waals surface area contributed by atoms with Gasteiger partial charge in [0.2, 0.25) is 0 Å². The number of nitrogens with one attached hydrogen (secondary N) is 2. The van der Waals surface area contributed by atoms with Gasteiger partial charge in [-0.25, -0.2) is 4.39 Å². The van der Waals surface area contributed by atoms with Crippen molar-refractivity contribution in [1.29, 1.82) is 0 Å². The van der Waals surface area contributed by atoms with Crippen molar-refractivity contribution in [3.63, 3.8) is 0 Å². The Hall–Kier alpha value is -1.71. The highest BCUT2D eigenvalue weighted by atomic mass is 127. The van der Waals surface area contributed by atoms with Crippen LogP contribution < -0.4 is 10.6 Å². The third kappa shape index (κ3) is 5.58. The van der Waals surface area contributed by atoms with Gasteiger partial charge in [0.25, 0.3) is 0 Å². The van der Waals surface area contributed by atoms with Gasteiger partial charge in [-0.3, -0.25) is 4.99 Å². The molecule has 0 bridgehead atoms. The number of benzene rings is 1. The van der Waals surface area contributed by atoms with Crippen LogP contribution in [0.2, 0.25) is 0 Å². The predicted molar refractivity (Wildman–Crippen MR) is 94.7 cm³/mol. The molecule has 1 aromatic heterocycles. The van der Waals surface area contributed by atoms with Crippen molar-refractivity contribution >= 4 is 29.9 Å². The summed E-state index contributed by atoms with van der Waals surface area (Å²) >= 11 is 0. The fraction of sp³-hybridized carbons (Fsp3) is 0.357. The van der Waals surface area contributed by atoms with E-state index in [-0.39, 0.29) is 29.8 Å². The van der Waals surface area contributed by atoms with E-state index >= 15 is 0 Å². The number of hydrogen-bond acceptors (Lipinski definition) is 3. The van der Waals surface area contributed by atoms with Crippen LogP contribution in [0.5, 0.6) is 0 Å².